The number of carbonyl (C=O) groups excluding carboxylic acids is 2. The molecule has 2 heterocycles. The molecule has 0 spiro atoms. The molecular weight excluding hydrogens is 270 g/mol. The maximum absolute atomic E-state index is 9.78. The van der Waals surface area contributed by atoms with Crippen LogP contribution in [0.25, 0.3) is 0 Å². The normalized spacial score (nSPS) is 8.00. The average molecular weight is 272 g/mol. The van der Waals surface area contributed by atoms with E-state index in [9.17, 15) is 19.8 Å². The van der Waals surface area contributed by atoms with Crippen LogP contribution in [0.4, 0.5) is 0 Å². The number of aromatic carboxylic acids is 2. The van der Waals surface area contributed by atoms with Gasteiger partial charge in [0, 0.05) is 0 Å². The Balaban J connectivity index is 0. The van der Waals surface area contributed by atoms with Gasteiger partial charge in [0.25, 0.3) is 0 Å². The van der Waals surface area contributed by atoms with E-state index in [1.165, 1.54) is 0 Å². The van der Waals surface area contributed by atoms with Crippen molar-refractivity contribution in [2.24, 2.45) is 0 Å². The minimum atomic E-state index is -1.41. The minimum Gasteiger partial charge on any atom is -0.541 e. The molecule has 2 aromatic rings. The van der Waals surface area contributed by atoms with Gasteiger partial charge in [-0.3, -0.25) is 0 Å². The molecule has 0 aliphatic carbocycles. The van der Waals surface area contributed by atoms with E-state index in [4.69, 9.17) is 0 Å². The molecule has 2 aromatic heterocycles. The first-order chi connectivity index (χ1) is 7.61. The second kappa shape index (κ2) is 10.0. The Hall–Kier alpha value is -0.920. The average Bonchev–Trinajstić information content (AvgIpc) is 2.93. The Morgan fingerprint density at radius 1 is 0.833 bits per heavy atom. The van der Waals surface area contributed by atoms with E-state index in [0.717, 1.165) is 0 Å². The van der Waals surface area contributed by atoms with Crippen LogP contribution in [0.3, 0.4) is 0 Å². The van der Waals surface area contributed by atoms with Crippen LogP contribution in [-0.2, 0) is 0 Å². The molecule has 0 saturated carbocycles. The summed E-state index contributed by atoms with van der Waals surface area (Å²) >= 11 is 0. The Morgan fingerprint density at radius 2 is 1.17 bits per heavy atom. The second-order valence-electron chi connectivity index (χ2n) is 2.07. The largest absolute Gasteiger partial charge is 1.00 e. The number of aromatic nitrogens is 8. The van der Waals surface area contributed by atoms with Crippen LogP contribution in [0.2, 0.25) is 0 Å². The van der Waals surface area contributed by atoms with E-state index in [0.29, 0.717) is 0 Å². The SMILES string of the molecule is O=C([O-])c1nnn[nH]1.O=C([O-])c1nnn[nH]1.[Na+].[Na+]. The zero-order valence-corrected chi connectivity index (χ0v) is 13.3. The summed E-state index contributed by atoms with van der Waals surface area (Å²) < 4.78 is 0. The molecule has 0 aliphatic heterocycles. The molecule has 0 radical (unpaired) electrons. The van der Waals surface area contributed by atoms with E-state index >= 15 is 0 Å². The zero-order chi connectivity index (χ0) is 12.0. The van der Waals surface area contributed by atoms with E-state index < -0.39 is 11.9 Å². The molecule has 0 aromatic carbocycles. The summed E-state index contributed by atoms with van der Waals surface area (Å²) in [7, 11) is 0. The number of hydrogen-bond donors (Lipinski definition) is 2. The van der Waals surface area contributed by atoms with Crippen molar-refractivity contribution in [1.29, 1.82) is 0 Å². The van der Waals surface area contributed by atoms with Gasteiger partial charge in [-0.1, -0.05) is 0 Å². The molecule has 0 unspecified atom stereocenters. The Morgan fingerprint density at radius 3 is 1.28 bits per heavy atom. The molecule has 18 heavy (non-hydrogen) atoms. The summed E-state index contributed by atoms with van der Waals surface area (Å²) in [5.41, 5.74) is 0. The smallest absolute Gasteiger partial charge is 0.541 e. The van der Waals surface area contributed by atoms with Crippen molar-refractivity contribution >= 4 is 11.9 Å². The Bertz CT molecular complexity index is 413. The molecule has 14 heteroatoms. The summed E-state index contributed by atoms with van der Waals surface area (Å²) in [6, 6.07) is 0. The number of tetrazole rings is 2. The van der Waals surface area contributed by atoms with Crippen molar-refractivity contribution in [1.82, 2.24) is 41.2 Å². The van der Waals surface area contributed by atoms with Crippen molar-refractivity contribution in [3.8, 4) is 0 Å². The number of rotatable bonds is 2. The fourth-order valence-corrected chi connectivity index (χ4v) is 0.491. The van der Waals surface area contributed by atoms with E-state index in [-0.39, 0.29) is 70.8 Å². The van der Waals surface area contributed by atoms with Crippen molar-refractivity contribution < 1.29 is 78.9 Å². The monoisotopic (exact) mass is 272 g/mol. The fraction of sp³-hybridized carbons (Fsp3) is 0. The number of nitrogens with zero attached hydrogens (tertiary/aromatic N) is 6. The number of H-pyrrole nitrogens is 2. The van der Waals surface area contributed by atoms with Gasteiger partial charge in [-0.15, -0.1) is 10.2 Å². The third-order valence-electron chi connectivity index (χ3n) is 1.08. The van der Waals surface area contributed by atoms with Gasteiger partial charge >= 0.3 is 59.1 Å². The number of carbonyl (C=O) groups is 2. The molecule has 0 aliphatic rings. The van der Waals surface area contributed by atoms with Gasteiger partial charge in [-0.2, -0.15) is 0 Å². The Labute approximate surface area is 143 Å². The first-order valence-electron chi connectivity index (χ1n) is 3.51. The molecule has 0 fully saturated rings. The van der Waals surface area contributed by atoms with Crippen molar-refractivity contribution in [2.75, 3.05) is 0 Å². The van der Waals surface area contributed by atoms with Crippen LogP contribution in [-0.4, -0.2) is 53.2 Å². The van der Waals surface area contributed by atoms with Crippen LogP contribution in [0, 0.1) is 0 Å². The zero-order valence-electron chi connectivity index (χ0n) is 9.32. The van der Waals surface area contributed by atoms with E-state index in [2.05, 4.69) is 31.1 Å². The van der Waals surface area contributed by atoms with E-state index in [1.54, 1.807) is 0 Å². The number of carboxylic acids is 2. The summed E-state index contributed by atoms with van der Waals surface area (Å²) in [5.74, 6) is -3.53. The predicted octanol–water partition coefficient (Wildman–Crippen LogP) is -10.9. The second-order valence-corrected chi connectivity index (χ2v) is 2.07. The van der Waals surface area contributed by atoms with Gasteiger partial charge in [0.1, 0.15) is 11.9 Å². The minimum absolute atomic E-state index is 0. The van der Waals surface area contributed by atoms with Gasteiger partial charge in [0.15, 0.2) is 11.6 Å². The molecule has 2 N–H and O–H groups in total. The predicted molar refractivity (Wildman–Crippen MR) is 37.0 cm³/mol. The summed E-state index contributed by atoms with van der Waals surface area (Å²) in [6.45, 7) is 0. The van der Waals surface area contributed by atoms with Gasteiger partial charge in [0.05, 0.1) is 0 Å². The third-order valence-corrected chi connectivity index (χ3v) is 1.08. The maximum atomic E-state index is 9.78. The standard InChI is InChI=1S/2C2H2N4O2.2Na/c2*7-2(8)1-3-5-6-4-1;;/h2*(H,7,8)(H,3,4,5,6);;/q;;2*+1/p-2. The molecule has 0 saturated heterocycles. The third kappa shape index (κ3) is 6.73. The molecule has 2 rings (SSSR count). The first kappa shape index (κ1) is 19.4. The molecule has 12 nitrogen and oxygen atoms in total. The molecule has 0 atom stereocenters. The summed E-state index contributed by atoms with van der Waals surface area (Å²) in [5, 5.41) is 41.6. The Kier molecular flexibility index (Phi) is 10.8. The van der Waals surface area contributed by atoms with Crippen molar-refractivity contribution in [3.63, 3.8) is 0 Å². The number of carboxylic acid groups (broad SMARTS) is 2. The molecular formula is C4H2N8Na2O4. The fourth-order valence-electron chi connectivity index (χ4n) is 0.491. The summed E-state index contributed by atoms with van der Waals surface area (Å²) in [4.78, 5) is 19.6. The van der Waals surface area contributed by atoms with E-state index in [1.807, 2.05) is 10.2 Å². The van der Waals surface area contributed by atoms with Gasteiger partial charge in [-0.05, 0) is 20.9 Å². The maximum Gasteiger partial charge on any atom is 1.00 e. The van der Waals surface area contributed by atoms with Gasteiger partial charge in [0.2, 0.25) is 0 Å². The molecule has 0 amide bonds. The molecule has 84 valence electrons. The quantitative estimate of drug-likeness (QED) is 0.496. The van der Waals surface area contributed by atoms with Gasteiger partial charge in [-0.25, -0.2) is 10.2 Å². The van der Waals surface area contributed by atoms with Crippen LogP contribution < -0.4 is 69.3 Å². The molecule has 0 bridgehead atoms. The number of hydrogen-bond acceptors (Lipinski definition) is 10. The van der Waals surface area contributed by atoms with Crippen LogP contribution in [0.1, 0.15) is 21.2 Å². The number of aromatic amines is 2. The number of nitrogens with one attached hydrogen (secondary N) is 2. The van der Waals surface area contributed by atoms with Crippen molar-refractivity contribution in [3.05, 3.63) is 11.6 Å². The first-order valence-corrected chi connectivity index (χ1v) is 3.51. The topological polar surface area (TPSA) is 189 Å². The van der Waals surface area contributed by atoms with Crippen LogP contribution in [0.5, 0.6) is 0 Å². The van der Waals surface area contributed by atoms with Gasteiger partial charge < -0.3 is 19.8 Å². The van der Waals surface area contributed by atoms with Crippen LogP contribution in [0.15, 0.2) is 0 Å². The van der Waals surface area contributed by atoms with Crippen molar-refractivity contribution in [2.45, 2.75) is 0 Å². The van der Waals surface area contributed by atoms with Crippen LogP contribution >= 0.6 is 0 Å². The summed E-state index contributed by atoms with van der Waals surface area (Å²) in [6.07, 6.45) is 0.